The molecule has 4 N–H and O–H groups in total. The van der Waals surface area contributed by atoms with Crippen molar-refractivity contribution in [2.24, 2.45) is 11.7 Å². The number of carbonyl (C=O) groups is 3. The van der Waals surface area contributed by atoms with Gasteiger partial charge in [-0.2, -0.15) is 0 Å². The van der Waals surface area contributed by atoms with Gasteiger partial charge in [0.05, 0.1) is 12.1 Å². The predicted octanol–water partition coefficient (Wildman–Crippen LogP) is 3.49. The summed E-state index contributed by atoms with van der Waals surface area (Å²) >= 11 is 0. The third-order valence-corrected chi connectivity index (χ3v) is 7.98. The number of nitrogens with two attached hydrogens (primary N) is 1. The van der Waals surface area contributed by atoms with Gasteiger partial charge in [-0.1, -0.05) is 67.8 Å². The zero-order chi connectivity index (χ0) is 25.2. The number of rotatable bonds is 6. The van der Waals surface area contributed by atoms with Crippen LogP contribution in [0.25, 0.3) is 11.1 Å². The van der Waals surface area contributed by atoms with Crippen molar-refractivity contribution in [2.75, 3.05) is 13.2 Å². The molecule has 8 heteroatoms. The summed E-state index contributed by atoms with van der Waals surface area (Å²) in [5, 5.41) is 12.5. The highest BCUT2D eigenvalue weighted by Crippen LogP contribution is 2.44. The first kappa shape index (κ1) is 24.3. The van der Waals surface area contributed by atoms with Crippen LogP contribution in [0.3, 0.4) is 0 Å². The number of hydrogen-bond donors (Lipinski definition) is 3. The number of carboxylic acid groups (broad SMARTS) is 1. The summed E-state index contributed by atoms with van der Waals surface area (Å²) in [7, 11) is 0. The SMILES string of the molecule is N[C@H](C(=O)N1C[C@@H](NC(=O)OCC2c3ccccc3-c3ccccc32)C[C@H]1C(=O)O)C1CCCCC1. The summed E-state index contributed by atoms with van der Waals surface area (Å²) in [5.41, 5.74) is 10.8. The van der Waals surface area contributed by atoms with Crippen LogP contribution in [0.5, 0.6) is 0 Å². The van der Waals surface area contributed by atoms with Crippen LogP contribution in [0.4, 0.5) is 4.79 Å². The maximum atomic E-state index is 13.1. The Morgan fingerprint density at radius 3 is 2.22 bits per heavy atom. The lowest BCUT2D eigenvalue weighted by Crippen LogP contribution is -2.52. The highest BCUT2D eigenvalue weighted by Gasteiger charge is 2.43. The van der Waals surface area contributed by atoms with E-state index in [1.54, 1.807) is 0 Å². The van der Waals surface area contributed by atoms with E-state index in [1.807, 2.05) is 24.3 Å². The van der Waals surface area contributed by atoms with Crippen molar-refractivity contribution < 1.29 is 24.2 Å². The summed E-state index contributed by atoms with van der Waals surface area (Å²) in [6.45, 7) is 0.282. The minimum atomic E-state index is -1.09. The molecule has 3 aliphatic rings. The zero-order valence-electron chi connectivity index (χ0n) is 20.3. The molecule has 1 heterocycles. The average molecular weight is 492 g/mol. The van der Waals surface area contributed by atoms with E-state index in [-0.39, 0.29) is 37.3 Å². The predicted molar refractivity (Wildman–Crippen MR) is 134 cm³/mol. The fourth-order valence-corrected chi connectivity index (χ4v) is 6.11. The minimum absolute atomic E-state index is 0.0648. The van der Waals surface area contributed by atoms with Crippen molar-refractivity contribution >= 4 is 18.0 Å². The van der Waals surface area contributed by atoms with E-state index in [0.29, 0.717) is 0 Å². The molecule has 0 spiro atoms. The summed E-state index contributed by atoms with van der Waals surface area (Å²) in [6, 6.07) is 14.0. The molecule has 2 fully saturated rings. The number of carbonyl (C=O) groups excluding carboxylic acids is 2. The van der Waals surface area contributed by atoms with Crippen molar-refractivity contribution in [2.45, 2.75) is 62.6 Å². The van der Waals surface area contributed by atoms with Crippen LogP contribution in [0.2, 0.25) is 0 Å². The van der Waals surface area contributed by atoms with E-state index in [0.717, 1.165) is 54.4 Å². The summed E-state index contributed by atoms with van der Waals surface area (Å²) in [5.74, 6) is -1.41. The first-order valence-electron chi connectivity index (χ1n) is 12.8. The average Bonchev–Trinajstić information content (AvgIpc) is 3.46. The Hall–Kier alpha value is -3.39. The Morgan fingerprint density at radius 1 is 1.00 bits per heavy atom. The minimum Gasteiger partial charge on any atom is -0.480 e. The number of alkyl carbamates (subject to hydrolysis) is 1. The number of amides is 2. The van der Waals surface area contributed by atoms with Crippen LogP contribution in [0, 0.1) is 5.92 Å². The molecule has 1 aliphatic heterocycles. The molecule has 36 heavy (non-hydrogen) atoms. The van der Waals surface area contributed by atoms with Gasteiger partial charge in [-0.15, -0.1) is 0 Å². The quantitative estimate of drug-likeness (QED) is 0.569. The number of ether oxygens (including phenoxy) is 1. The molecule has 0 unspecified atom stereocenters. The molecular weight excluding hydrogens is 458 g/mol. The van der Waals surface area contributed by atoms with E-state index >= 15 is 0 Å². The van der Waals surface area contributed by atoms with Gasteiger partial charge in [0.1, 0.15) is 12.6 Å². The second-order valence-corrected chi connectivity index (χ2v) is 10.2. The Kier molecular flexibility index (Phi) is 6.96. The number of nitrogens with one attached hydrogen (secondary N) is 1. The lowest BCUT2D eigenvalue weighted by Gasteiger charge is -2.31. The van der Waals surface area contributed by atoms with E-state index in [1.165, 1.54) is 4.90 Å². The summed E-state index contributed by atoms with van der Waals surface area (Å²) in [4.78, 5) is 39.1. The van der Waals surface area contributed by atoms with E-state index in [4.69, 9.17) is 10.5 Å². The zero-order valence-corrected chi connectivity index (χ0v) is 20.3. The molecule has 8 nitrogen and oxygen atoms in total. The van der Waals surface area contributed by atoms with Crippen LogP contribution in [0.1, 0.15) is 55.6 Å². The van der Waals surface area contributed by atoms with Crippen molar-refractivity contribution in [1.29, 1.82) is 0 Å². The third kappa shape index (κ3) is 4.69. The molecule has 190 valence electrons. The van der Waals surface area contributed by atoms with Gasteiger partial charge in [-0.25, -0.2) is 9.59 Å². The second-order valence-electron chi connectivity index (χ2n) is 10.2. The highest BCUT2D eigenvalue weighted by molar-refractivity contribution is 5.88. The third-order valence-electron chi connectivity index (χ3n) is 7.98. The molecule has 1 saturated carbocycles. The summed E-state index contributed by atoms with van der Waals surface area (Å²) < 4.78 is 5.61. The van der Waals surface area contributed by atoms with Crippen LogP contribution >= 0.6 is 0 Å². The fourth-order valence-electron chi connectivity index (χ4n) is 6.11. The van der Waals surface area contributed by atoms with Gasteiger partial charge in [0, 0.05) is 18.9 Å². The number of hydrogen-bond acceptors (Lipinski definition) is 5. The van der Waals surface area contributed by atoms with Gasteiger partial charge in [0.15, 0.2) is 0 Å². The van der Waals surface area contributed by atoms with Crippen LogP contribution in [0.15, 0.2) is 48.5 Å². The van der Waals surface area contributed by atoms with Crippen LogP contribution < -0.4 is 11.1 Å². The topological polar surface area (TPSA) is 122 Å². The molecule has 3 atom stereocenters. The lowest BCUT2D eigenvalue weighted by molar-refractivity contribution is -0.149. The van der Waals surface area contributed by atoms with Gasteiger partial charge in [-0.3, -0.25) is 4.79 Å². The number of fused-ring (bicyclic) bond motifs is 3. The van der Waals surface area contributed by atoms with Crippen LogP contribution in [-0.2, 0) is 14.3 Å². The monoisotopic (exact) mass is 491 g/mol. The van der Waals surface area contributed by atoms with Gasteiger partial charge < -0.3 is 25.8 Å². The lowest BCUT2D eigenvalue weighted by atomic mass is 9.83. The molecule has 0 aromatic heterocycles. The molecule has 2 aromatic carbocycles. The standard InChI is InChI=1S/C28H33N3O5/c29-25(17-8-2-1-3-9-17)26(32)31-15-18(14-24(31)27(33)34)30-28(35)36-16-23-21-12-6-4-10-19(21)20-11-5-7-13-22(20)23/h4-7,10-13,17-18,23-25H,1-3,8-9,14-16,29H2,(H,30,35)(H,33,34)/t18-,24-,25-/m0/s1. The maximum Gasteiger partial charge on any atom is 0.407 e. The highest BCUT2D eigenvalue weighted by atomic mass is 16.5. The Balaban J connectivity index is 1.20. The Morgan fingerprint density at radius 2 is 1.61 bits per heavy atom. The van der Waals surface area contributed by atoms with Crippen molar-refractivity contribution in [3.8, 4) is 11.1 Å². The first-order valence-corrected chi connectivity index (χ1v) is 12.8. The molecule has 2 amide bonds. The number of aliphatic carboxylic acids is 1. The molecule has 0 bridgehead atoms. The van der Waals surface area contributed by atoms with Crippen molar-refractivity contribution in [3.63, 3.8) is 0 Å². The maximum absolute atomic E-state index is 13.1. The second kappa shape index (κ2) is 10.3. The van der Waals surface area contributed by atoms with Gasteiger partial charge in [0.25, 0.3) is 0 Å². The smallest absolute Gasteiger partial charge is 0.407 e. The van der Waals surface area contributed by atoms with E-state index in [9.17, 15) is 19.5 Å². The van der Waals surface area contributed by atoms with E-state index in [2.05, 4.69) is 29.6 Å². The first-order chi connectivity index (χ1) is 17.4. The molecule has 2 aliphatic carbocycles. The largest absolute Gasteiger partial charge is 0.480 e. The Labute approximate surface area is 210 Å². The molecular formula is C28H33N3O5. The number of carboxylic acids is 1. The van der Waals surface area contributed by atoms with Crippen LogP contribution in [-0.4, -0.2) is 59.3 Å². The van der Waals surface area contributed by atoms with Crippen molar-refractivity contribution in [3.05, 3.63) is 59.7 Å². The Bertz CT molecular complexity index is 1100. The molecule has 2 aromatic rings. The summed E-state index contributed by atoms with van der Waals surface area (Å²) in [6.07, 6.45) is 4.52. The fraction of sp³-hybridized carbons (Fsp3) is 0.464. The van der Waals surface area contributed by atoms with E-state index < -0.39 is 30.2 Å². The number of nitrogens with zero attached hydrogens (tertiary/aromatic N) is 1. The molecule has 0 radical (unpaired) electrons. The van der Waals surface area contributed by atoms with Crippen molar-refractivity contribution in [1.82, 2.24) is 10.2 Å². The normalized spacial score (nSPS) is 22.5. The molecule has 5 rings (SSSR count). The molecule has 1 saturated heterocycles. The van der Waals surface area contributed by atoms with Gasteiger partial charge in [0.2, 0.25) is 5.91 Å². The van der Waals surface area contributed by atoms with Gasteiger partial charge in [-0.05, 0) is 41.0 Å². The number of benzene rings is 2. The van der Waals surface area contributed by atoms with Gasteiger partial charge >= 0.3 is 12.1 Å². The number of likely N-dealkylation sites (tertiary alicyclic amines) is 1.